The van der Waals surface area contributed by atoms with Crippen molar-refractivity contribution in [3.05, 3.63) is 125 Å². The van der Waals surface area contributed by atoms with Crippen molar-refractivity contribution < 1.29 is 29.3 Å². The van der Waals surface area contributed by atoms with Crippen molar-refractivity contribution in [3.8, 4) is 11.1 Å². The maximum atomic E-state index is 12.1. The number of aliphatic hydroxyl groups excluding tert-OH is 1. The number of carbonyl (C=O) groups is 2. The number of carbonyl (C=O) groups excluding carboxylic acids is 1. The van der Waals surface area contributed by atoms with Gasteiger partial charge in [0.1, 0.15) is 0 Å². The van der Waals surface area contributed by atoms with Crippen LogP contribution in [0.1, 0.15) is 54.4 Å². The Morgan fingerprint density at radius 3 is 2.20 bits per heavy atom. The highest BCUT2D eigenvalue weighted by Crippen LogP contribution is 2.43. The molecule has 44 heavy (non-hydrogen) atoms. The molecule has 1 saturated heterocycles. The van der Waals surface area contributed by atoms with E-state index in [0.29, 0.717) is 6.54 Å². The Hall–Kier alpha value is -3.95. The number of aliphatic hydroxyl groups is 1. The quantitative estimate of drug-likeness (QED) is 0.150. The van der Waals surface area contributed by atoms with Gasteiger partial charge in [0.25, 0.3) is 0 Å². The number of carboxylic acid groups (broad SMARTS) is 1. The maximum absolute atomic E-state index is 12.1. The normalized spacial score (nSPS) is 19.8. The second-order valence-electron chi connectivity index (χ2n) is 10.9. The Labute approximate surface area is 262 Å². The van der Waals surface area contributed by atoms with Crippen molar-refractivity contribution in [2.45, 2.75) is 56.3 Å². The molecule has 0 spiro atoms. The zero-order valence-electron chi connectivity index (χ0n) is 24.6. The van der Waals surface area contributed by atoms with E-state index in [1.54, 1.807) is 11.8 Å². The highest BCUT2D eigenvalue weighted by molar-refractivity contribution is 7.99. The number of benzene rings is 4. The smallest absolute Gasteiger partial charge is 0.303 e. The van der Waals surface area contributed by atoms with Crippen LogP contribution in [0.25, 0.3) is 11.1 Å². The molecule has 1 aliphatic rings. The van der Waals surface area contributed by atoms with Crippen molar-refractivity contribution in [1.82, 2.24) is 5.32 Å². The fourth-order valence-corrected chi connectivity index (χ4v) is 6.37. The summed E-state index contributed by atoms with van der Waals surface area (Å²) in [4.78, 5) is 24.1. The molecule has 0 bridgehead atoms. The predicted octanol–water partition coefficient (Wildman–Crippen LogP) is 6.91. The molecule has 0 saturated carbocycles. The van der Waals surface area contributed by atoms with Gasteiger partial charge in [-0.15, -0.1) is 11.8 Å². The van der Waals surface area contributed by atoms with E-state index in [-0.39, 0.29) is 43.5 Å². The van der Waals surface area contributed by atoms with Gasteiger partial charge in [-0.3, -0.25) is 9.59 Å². The molecule has 4 aromatic rings. The fraction of sp³-hybridized carbons (Fsp3) is 0.278. The van der Waals surface area contributed by atoms with Gasteiger partial charge in [-0.1, -0.05) is 97.9 Å². The third kappa shape index (κ3) is 8.15. The Bertz CT molecular complexity index is 1530. The van der Waals surface area contributed by atoms with E-state index < -0.39 is 12.3 Å². The first-order valence-corrected chi connectivity index (χ1v) is 15.7. The Morgan fingerprint density at radius 1 is 0.818 bits per heavy atom. The third-order valence-electron chi connectivity index (χ3n) is 7.83. The lowest BCUT2D eigenvalue weighted by Gasteiger charge is -2.41. The molecular formula is C36H37NO6S. The number of nitrogens with one attached hydrogen (secondary N) is 1. The molecule has 1 fully saturated rings. The monoisotopic (exact) mass is 611 g/mol. The van der Waals surface area contributed by atoms with E-state index in [1.165, 1.54) is 4.90 Å². The summed E-state index contributed by atoms with van der Waals surface area (Å²) in [6.07, 6.45) is -1.06. The van der Waals surface area contributed by atoms with Gasteiger partial charge in [0.2, 0.25) is 5.91 Å². The summed E-state index contributed by atoms with van der Waals surface area (Å²) in [6.45, 7) is 2.47. The second-order valence-corrected chi connectivity index (χ2v) is 12.0. The average molecular weight is 612 g/mol. The number of ether oxygens (including phenoxy) is 2. The number of carboxylic acids is 1. The summed E-state index contributed by atoms with van der Waals surface area (Å²) in [7, 11) is 0. The highest BCUT2D eigenvalue weighted by atomic mass is 32.2. The lowest BCUT2D eigenvalue weighted by Crippen LogP contribution is -2.38. The second kappa shape index (κ2) is 15.2. The first-order chi connectivity index (χ1) is 21.4. The van der Waals surface area contributed by atoms with Gasteiger partial charge < -0.3 is 25.0 Å². The largest absolute Gasteiger partial charge is 0.481 e. The SMILES string of the molecule is C[C@@H]1[C@H](CSc2ccccc2)O[C@H](c2ccc(-c3ccccc3CNC(=O)CCC(=O)O)cc2)O[C@@H]1c1ccc(CO)cc1. The van der Waals surface area contributed by atoms with Crippen LogP contribution in [0.3, 0.4) is 0 Å². The Kier molecular flexibility index (Phi) is 10.9. The molecule has 1 heterocycles. The molecule has 3 N–H and O–H groups in total. The predicted molar refractivity (Wildman–Crippen MR) is 171 cm³/mol. The van der Waals surface area contributed by atoms with Crippen LogP contribution in [0.5, 0.6) is 0 Å². The summed E-state index contributed by atoms with van der Waals surface area (Å²) in [5, 5.41) is 21.2. The molecule has 0 aromatic heterocycles. The molecule has 5 rings (SSSR count). The molecule has 4 aromatic carbocycles. The van der Waals surface area contributed by atoms with Crippen LogP contribution >= 0.6 is 11.8 Å². The van der Waals surface area contributed by atoms with E-state index in [0.717, 1.165) is 39.1 Å². The molecule has 0 aliphatic carbocycles. The number of hydrogen-bond acceptors (Lipinski definition) is 6. The minimum atomic E-state index is -0.992. The zero-order chi connectivity index (χ0) is 30.9. The maximum Gasteiger partial charge on any atom is 0.303 e. The van der Waals surface area contributed by atoms with E-state index in [2.05, 4.69) is 24.4 Å². The van der Waals surface area contributed by atoms with Gasteiger partial charge >= 0.3 is 5.97 Å². The Balaban J connectivity index is 1.34. The molecule has 4 atom stereocenters. The summed E-state index contributed by atoms with van der Waals surface area (Å²) in [5.41, 5.74) is 5.72. The van der Waals surface area contributed by atoms with Crippen LogP contribution in [-0.2, 0) is 32.2 Å². The van der Waals surface area contributed by atoms with Crippen LogP contribution in [0, 0.1) is 5.92 Å². The molecule has 1 aliphatic heterocycles. The molecule has 7 nitrogen and oxygen atoms in total. The van der Waals surface area contributed by atoms with Crippen molar-refractivity contribution in [3.63, 3.8) is 0 Å². The number of rotatable bonds is 12. The van der Waals surface area contributed by atoms with Gasteiger partial charge in [-0.2, -0.15) is 0 Å². The van der Waals surface area contributed by atoms with E-state index in [4.69, 9.17) is 14.6 Å². The molecule has 228 valence electrons. The zero-order valence-corrected chi connectivity index (χ0v) is 25.4. The van der Waals surface area contributed by atoms with Crippen LogP contribution in [-0.4, -0.2) is 33.9 Å². The van der Waals surface area contributed by atoms with Crippen molar-refractivity contribution in [2.75, 3.05) is 5.75 Å². The third-order valence-corrected chi connectivity index (χ3v) is 8.93. The lowest BCUT2D eigenvalue weighted by atomic mass is 9.91. The number of amides is 1. The van der Waals surface area contributed by atoms with Gasteiger partial charge in [-0.25, -0.2) is 0 Å². The fourth-order valence-electron chi connectivity index (χ4n) is 5.28. The van der Waals surface area contributed by atoms with Gasteiger partial charge in [0.05, 0.1) is 25.2 Å². The summed E-state index contributed by atoms with van der Waals surface area (Å²) >= 11 is 1.77. The van der Waals surface area contributed by atoms with Crippen LogP contribution in [0.15, 0.2) is 108 Å². The summed E-state index contributed by atoms with van der Waals surface area (Å²) in [5.74, 6) is -0.411. The van der Waals surface area contributed by atoms with Gasteiger partial charge in [-0.05, 0) is 39.9 Å². The molecule has 1 amide bonds. The van der Waals surface area contributed by atoms with Crippen molar-refractivity contribution >= 4 is 23.6 Å². The molecule has 8 heteroatoms. The van der Waals surface area contributed by atoms with Gasteiger partial charge in [0, 0.05) is 35.1 Å². The summed E-state index contributed by atoms with van der Waals surface area (Å²) in [6, 6.07) is 34.2. The summed E-state index contributed by atoms with van der Waals surface area (Å²) < 4.78 is 13.2. The highest BCUT2D eigenvalue weighted by Gasteiger charge is 2.38. The first-order valence-electron chi connectivity index (χ1n) is 14.8. The number of hydrogen-bond donors (Lipinski definition) is 3. The lowest BCUT2D eigenvalue weighted by molar-refractivity contribution is -0.268. The Morgan fingerprint density at radius 2 is 1.50 bits per heavy atom. The average Bonchev–Trinajstić information content (AvgIpc) is 3.06. The van der Waals surface area contributed by atoms with Gasteiger partial charge in [0.15, 0.2) is 6.29 Å². The number of thioether (sulfide) groups is 1. The van der Waals surface area contributed by atoms with Crippen LogP contribution in [0.4, 0.5) is 0 Å². The first kappa shape index (κ1) is 31.5. The minimum Gasteiger partial charge on any atom is -0.481 e. The van der Waals surface area contributed by atoms with E-state index in [1.807, 2.05) is 91.0 Å². The van der Waals surface area contributed by atoms with Crippen LogP contribution in [0.2, 0.25) is 0 Å². The van der Waals surface area contributed by atoms with E-state index in [9.17, 15) is 14.7 Å². The standard InChI is InChI=1S/C36H37NO6S/c1-24-32(23-44-30-8-3-2-4-9-30)42-36(43-35(24)27-13-11-25(22-38)12-14-27)28-17-15-26(16-18-28)31-10-6-5-7-29(31)21-37-33(39)19-20-34(40)41/h2-18,24,32,35-36,38H,19-23H2,1H3,(H,37,39)(H,40,41)/t24-,32+,35+,36+/m1/s1. The van der Waals surface area contributed by atoms with Crippen molar-refractivity contribution in [2.24, 2.45) is 5.92 Å². The molecule has 0 radical (unpaired) electrons. The topological polar surface area (TPSA) is 105 Å². The van der Waals surface area contributed by atoms with Crippen LogP contribution < -0.4 is 5.32 Å². The minimum absolute atomic E-state index is 0.00396. The number of aliphatic carboxylic acids is 1. The van der Waals surface area contributed by atoms with E-state index >= 15 is 0 Å². The molecular weight excluding hydrogens is 574 g/mol. The van der Waals surface area contributed by atoms with Crippen molar-refractivity contribution in [1.29, 1.82) is 0 Å². The molecule has 0 unspecified atom stereocenters.